The number of carbonyl (C=O) groups is 1. The number of aliphatic carboxylic acids is 1. The van der Waals surface area contributed by atoms with Crippen molar-refractivity contribution in [3.63, 3.8) is 0 Å². The summed E-state index contributed by atoms with van der Waals surface area (Å²) in [4.78, 5) is 17.6. The molecular weight excluding hydrogens is 412 g/mol. The van der Waals surface area contributed by atoms with E-state index in [4.69, 9.17) is 4.74 Å². The molecule has 4 fully saturated rings. The van der Waals surface area contributed by atoms with Gasteiger partial charge in [0.2, 0.25) is 0 Å². The van der Waals surface area contributed by atoms with Crippen LogP contribution >= 0.6 is 0 Å². The third kappa shape index (κ3) is 5.16. The largest absolute Gasteiger partial charge is 0.481 e. The Morgan fingerprint density at radius 1 is 0.727 bits per heavy atom. The molecule has 1 aliphatic heterocycles. The minimum atomic E-state index is -0.534. The zero-order valence-corrected chi connectivity index (χ0v) is 21.8. The van der Waals surface area contributed by atoms with Gasteiger partial charge in [0.1, 0.15) is 0 Å². The summed E-state index contributed by atoms with van der Waals surface area (Å²) in [7, 11) is 0. The molecule has 0 aromatic carbocycles. The molecule has 8 atom stereocenters. The van der Waals surface area contributed by atoms with Gasteiger partial charge in [-0.25, -0.2) is 0 Å². The molecule has 0 aromatic rings. The minimum Gasteiger partial charge on any atom is -0.481 e. The summed E-state index contributed by atoms with van der Waals surface area (Å²) >= 11 is 0. The van der Waals surface area contributed by atoms with Gasteiger partial charge in [-0.3, -0.25) is 4.79 Å². The number of nitrogens with zero attached hydrogens (tertiary/aromatic N) is 2. The van der Waals surface area contributed by atoms with E-state index in [9.17, 15) is 9.90 Å². The van der Waals surface area contributed by atoms with Crippen LogP contribution < -0.4 is 0 Å². The number of ether oxygens (including phenoxy) is 1. The van der Waals surface area contributed by atoms with Crippen molar-refractivity contribution in [1.82, 2.24) is 9.80 Å². The highest BCUT2D eigenvalue weighted by Gasteiger charge is 2.54. The molecule has 3 saturated carbocycles. The third-order valence-corrected chi connectivity index (χ3v) is 10.3. The van der Waals surface area contributed by atoms with E-state index in [1.807, 2.05) is 0 Å². The predicted octanol–water partition coefficient (Wildman–Crippen LogP) is 5.28. The van der Waals surface area contributed by atoms with Crippen LogP contribution in [0.5, 0.6) is 0 Å². The van der Waals surface area contributed by atoms with Crippen LogP contribution in [-0.2, 0) is 9.53 Å². The van der Waals surface area contributed by atoms with Gasteiger partial charge in [-0.05, 0) is 101 Å². The smallest absolute Gasteiger partial charge is 0.306 e. The maximum absolute atomic E-state index is 12.3. The molecule has 4 aliphatic rings. The molecule has 8 unspecified atom stereocenters. The molecule has 4 rings (SSSR count). The predicted molar refractivity (Wildman–Crippen MR) is 133 cm³/mol. The number of hydrogen-bond donors (Lipinski definition) is 1. The molecule has 0 bridgehead atoms. The van der Waals surface area contributed by atoms with E-state index in [0.717, 1.165) is 58.3 Å². The lowest BCUT2D eigenvalue weighted by molar-refractivity contribution is -0.204. The number of hydrogen-bond acceptors (Lipinski definition) is 4. The van der Waals surface area contributed by atoms with Gasteiger partial charge in [0.05, 0.1) is 18.1 Å². The highest BCUT2D eigenvalue weighted by atomic mass is 16.5. The van der Waals surface area contributed by atoms with Crippen LogP contribution in [-0.4, -0.2) is 71.3 Å². The van der Waals surface area contributed by atoms with Gasteiger partial charge >= 0.3 is 5.97 Å². The standard InChI is InChI=1S/C28H50N2O3/c1-5-29(6-2)19-13-15-23-25(17-19)33-26-18-20(30(7-3)8-4)14-16-24(26)27(23)21-11-9-10-12-22(21)28(31)32/h19-27H,5-18H2,1-4H3,(H,31,32). The quantitative estimate of drug-likeness (QED) is 0.532. The first-order valence-corrected chi connectivity index (χ1v) is 14.4. The second kappa shape index (κ2) is 11.4. The Morgan fingerprint density at radius 2 is 1.21 bits per heavy atom. The lowest BCUT2D eigenvalue weighted by Crippen LogP contribution is -2.59. The Labute approximate surface area is 202 Å². The van der Waals surface area contributed by atoms with Crippen molar-refractivity contribution in [2.75, 3.05) is 26.2 Å². The van der Waals surface area contributed by atoms with Crippen LogP contribution in [0.2, 0.25) is 0 Å². The second-order valence-electron chi connectivity index (χ2n) is 11.4. The van der Waals surface area contributed by atoms with Crippen LogP contribution in [0.1, 0.15) is 91.9 Å². The molecule has 1 heterocycles. The van der Waals surface area contributed by atoms with Crippen molar-refractivity contribution in [2.45, 2.75) is 116 Å². The van der Waals surface area contributed by atoms with E-state index in [0.29, 0.717) is 48.0 Å². The first-order chi connectivity index (χ1) is 16.0. The number of rotatable bonds is 8. The number of carboxylic acids is 1. The van der Waals surface area contributed by atoms with Crippen LogP contribution in [0.3, 0.4) is 0 Å². The van der Waals surface area contributed by atoms with E-state index >= 15 is 0 Å². The molecule has 33 heavy (non-hydrogen) atoms. The second-order valence-corrected chi connectivity index (χ2v) is 11.4. The van der Waals surface area contributed by atoms with Gasteiger partial charge in [-0.1, -0.05) is 40.5 Å². The zero-order valence-electron chi connectivity index (χ0n) is 21.8. The summed E-state index contributed by atoms with van der Waals surface area (Å²) in [6.45, 7) is 13.6. The van der Waals surface area contributed by atoms with Crippen LogP contribution in [0.25, 0.3) is 0 Å². The molecule has 0 radical (unpaired) electrons. The van der Waals surface area contributed by atoms with Crippen molar-refractivity contribution in [3.8, 4) is 0 Å². The molecule has 3 aliphatic carbocycles. The summed E-state index contributed by atoms with van der Waals surface area (Å²) in [5.41, 5.74) is 0. The van der Waals surface area contributed by atoms with Gasteiger partial charge in [0.15, 0.2) is 0 Å². The van der Waals surface area contributed by atoms with E-state index in [1.165, 1.54) is 32.1 Å². The van der Waals surface area contributed by atoms with Gasteiger partial charge in [0.25, 0.3) is 0 Å². The molecule has 5 heteroatoms. The number of fused-ring (bicyclic) bond motifs is 2. The van der Waals surface area contributed by atoms with E-state index < -0.39 is 5.97 Å². The van der Waals surface area contributed by atoms with Crippen LogP contribution in [0.4, 0.5) is 0 Å². The molecule has 0 amide bonds. The van der Waals surface area contributed by atoms with Gasteiger partial charge in [-0.15, -0.1) is 0 Å². The maximum Gasteiger partial charge on any atom is 0.306 e. The van der Waals surface area contributed by atoms with E-state index in [-0.39, 0.29) is 5.92 Å². The Kier molecular flexibility index (Phi) is 8.78. The van der Waals surface area contributed by atoms with Crippen molar-refractivity contribution < 1.29 is 14.6 Å². The zero-order chi connectivity index (χ0) is 23.5. The normalized spacial score (nSPS) is 41.6. The molecular formula is C28H50N2O3. The SMILES string of the molecule is CCN(CC)C1CCC2C(C1)OC1CC(N(CC)CC)CCC1C2C1CCCCC1C(=O)O. The highest BCUT2D eigenvalue weighted by Crippen LogP contribution is 2.54. The molecule has 190 valence electrons. The molecule has 5 nitrogen and oxygen atoms in total. The lowest BCUT2D eigenvalue weighted by Gasteiger charge is -2.57. The maximum atomic E-state index is 12.3. The summed E-state index contributed by atoms with van der Waals surface area (Å²) in [5.74, 6) is 1.36. The van der Waals surface area contributed by atoms with Crippen molar-refractivity contribution in [1.29, 1.82) is 0 Å². The fourth-order valence-electron chi connectivity index (χ4n) is 8.70. The molecule has 0 aromatic heterocycles. The van der Waals surface area contributed by atoms with Gasteiger partial charge in [-0.2, -0.15) is 0 Å². The lowest BCUT2D eigenvalue weighted by atomic mass is 9.56. The first-order valence-electron chi connectivity index (χ1n) is 14.4. The Morgan fingerprint density at radius 3 is 1.67 bits per heavy atom. The highest BCUT2D eigenvalue weighted by molar-refractivity contribution is 5.70. The molecule has 0 spiro atoms. The molecule has 1 saturated heterocycles. The van der Waals surface area contributed by atoms with Gasteiger partial charge in [0, 0.05) is 12.1 Å². The van der Waals surface area contributed by atoms with E-state index in [2.05, 4.69) is 37.5 Å². The Hall–Kier alpha value is -0.650. The molecule has 1 N–H and O–H groups in total. The third-order valence-electron chi connectivity index (χ3n) is 10.3. The summed E-state index contributed by atoms with van der Waals surface area (Å²) in [6, 6.07) is 1.25. The van der Waals surface area contributed by atoms with Crippen LogP contribution in [0, 0.1) is 29.6 Å². The monoisotopic (exact) mass is 462 g/mol. The number of carboxylic acid groups (broad SMARTS) is 1. The van der Waals surface area contributed by atoms with Crippen LogP contribution in [0.15, 0.2) is 0 Å². The minimum absolute atomic E-state index is 0.135. The van der Waals surface area contributed by atoms with Crippen molar-refractivity contribution in [3.05, 3.63) is 0 Å². The van der Waals surface area contributed by atoms with Crippen molar-refractivity contribution in [2.24, 2.45) is 29.6 Å². The summed E-state index contributed by atoms with van der Waals surface area (Å²) in [5, 5.41) is 10.1. The average Bonchev–Trinajstić information content (AvgIpc) is 2.84. The average molecular weight is 463 g/mol. The summed E-state index contributed by atoms with van der Waals surface area (Å²) < 4.78 is 7.05. The van der Waals surface area contributed by atoms with E-state index in [1.54, 1.807) is 0 Å². The Bertz CT molecular complexity index is 599. The van der Waals surface area contributed by atoms with Gasteiger partial charge < -0.3 is 19.6 Å². The first kappa shape index (κ1) is 25.4. The fourth-order valence-corrected chi connectivity index (χ4v) is 8.70. The fraction of sp³-hybridized carbons (Fsp3) is 0.964. The topological polar surface area (TPSA) is 53.0 Å². The van der Waals surface area contributed by atoms with Crippen molar-refractivity contribution >= 4 is 5.97 Å². The Balaban J connectivity index is 1.60. The summed E-state index contributed by atoms with van der Waals surface area (Å²) in [6.07, 6.45) is 12.2.